The van der Waals surface area contributed by atoms with E-state index in [1.54, 1.807) is 7.11 Å². The van der Waals surface area contributed by atoms with Gasteiger partial charge in [-0.2, -0.15) is 0 Å². The zero-order valence-corrected chi connectivity index (χ0v) is 14.6. The van der Waals surface area contributed by atoms with E-state index in [-0.39, 0.29) is 0 Å². The lowest BCUT2D eigenvalue weighted by molar-refractivity contribution is 0.288. The number of aromatic amines is 1. The van der Waals surface area contributed by atoms with Crippen LogP contribution in [0.15, 0.2) is 30.3 Å². The fraction of sp³-hybridized carbons (Fsp3) is 0.278. The Labute approximate surface area is 145 Å². The molecule has 0 spiro atoms. The second kappa shape index (κ2) is 7.01. The van der Waals surface area contributed by atoms with E-state index in [4.69, 9.17) is 25.8 Å². The molecular formula is C18H19ClN2O3. The van der Waals surface area contributed by atoms with Gasteiger partial charge in [0, 0.05) is 11.6 Å². The fourth-order valence-corrected chi connectivity index (χ4v) is 2.77. The Balaban J connectivity index is 2.08. The molecule has 0 unspecified atom stereocenters. The van der Waals surface area contributed by atoms with E-state index in [0.29, 0.717) is 35.6 Å². The minimum Gasteiger partial charge on any atom is -0.497 e. The Morgan fingerprint density at radius 1 is 1.08 bits per heavy atom. The van der Waals surface area contributed by atoms with Crippen LogP contribution < -0.4 is 14.2 Å². The van der Waals surface area contributed by atoms with Crippen molar-refractivity contribution in [1.29, 1.82) is 0 Å². The van der Waals surface area contributed by atoms with Crippen LogP contribution >= 0.6 is 11.6 Å². The number of rotatable bonds is 6. The number of methoxy groups -OCH3 is 1. The first-order chi connectivity index (χ1) is 11.7. The summed E-state index contributed by atoms with van der Waals surface area (Å²) in [4.78, 5) is 7.90. The average molecular weight is 347 g/mol. The minimum atomic E-state index is 0.496. The summed E-state index contributed by atoms with van der Waals surface area (Å²) in [5, 5.41) is 0.496. The van der Waals surface area contributed by atoms with Gasteiger partial charge in [0.1, 0.15) is 11.6 Å². The summed E-state index contributed by atoms with van der Waals surface area (Å²) in [6.07, 6.45) is 0. The molecule has 0 fully saturated rings. The quantitative estimate of drug-likeness (QED) is 0.703. The maximum absolute atomic E-state index is 6.38. The second-order valence-electron chi connectivity index (χ2n) is 5.12. The number of hydrogen-bond acceptors (Lipinski definition) is 4. The third kappa shape index (κ3) is 3.12. The molecule has 3 rings (SSSR count). The lowest BCUT2D eigenvalue weighted by Gasteiger charge is -2.13. The summed E-state index contributed by atoms with van der Waals surface area (Å²) in [7, 11) is 1.64. The van der Waals surface area contributed by atoms with Crippen molar-refractivity contribution in [2.24, 2.45) is 0 Å². The molecule has 126 valence electrons. The molecule has 0 atom stereocenters. The van der Waals surface area contributed by atoms with Crippen LogP contribution in [0.2, 0.25) is 5.02 Å². The van der Waals surface area contributed by atoms with Gasteiger partial charge in [0.2, 0.25) is 0 Å². The predicted octanol–water partition coefficient (Wildman–Crippen LogP) is 4.69. The molecule has 1 N–H and O–H groups in total. The third-order valence-electron chi connectivity index (χ3n) is 3.56. The molecule has 0 bridgehead atoms. The molecule has 0 saturated heterocycles. The van der Waals surface area contributed by atoms with E-state index in [1.807, 2.05) is 44.2 Å². The van der Waals surface area contributed by atoms with Gasteiger partial charge in [-0.25, -0.2) is 4.98 Å². The van der Waals surface area contributed by atoms with Crippen LogP contribution in [-0.2, 0) is 0 Å². The molecule has 0 aliphatic rings. The monoisotopic (exact) mass is 346 g/mol. The molecule has 1 heterocycles. The minimum absolute atomic E-state index is 0.496. The molecule has 0 aliphatic heterocycles. The highest BCUT2D eigenvalue weighted by atomic mass is 35.5. The second-order valence-corrected chi connectivity index (χ2v) is 5.53. The summed E-state index contributed by atoms with van der Waals surface area (Å²) >= 11 is 6.38. The standard InChI is InChI=1S/C18H19ClN2O3/c1-4-23-16-9-11(8-13(19)17(16)24-5-2)18-20-14-7-6-12(22-3)10-15(14)21-18/h6-10H,4-5H2,1-3H3,(H,20,21). The van der Waals surface area contributed by atoms with E-state index in [0.717, 1.165) is 22.3 Å². The van der Waals surface area contributed by atoms with Crippen molar-refractivity contribution in [2.45, 2.75) is 13.8 Å². The number of hydrogen-bond donors (Lipinski definition) is 1. The Morgan fingerprint density at radius 3 is 2.58 bits per heavy atom. The van der Waals surface area contributed by atoms with Gasteiger partial charge in [-0.1, -0.05) is 11.6 Å². The normalized spacial score (nSPS) is 10.8. The van der Waals surface area contributed by atoms with Gasteiger partial charge in [-0.3, -0.25) is 0 Å². The van der Waals surface area contributed by atoms with E-state index in [1.165, 1.54) is 0 Å². The molecule has 0 saturated carbocycles. The number of H-pyrrole nitrogens is 1. The lowest BCUT2D eigenvalue weighted by Crippen LogP contribution is -1.99. The van der Waals surface area contributed by atoms with E-state index in [9.17, 15) is 0 Å². The topological polar surface area (TPSA) is 56.4 Å². The number of nitrogens with one attached hydrogen (secondary N) is 1. The highest BCUT2D eigenvalue weighted by Crippen LogP contribution is 2.39. The number of benzene rings is 2. The first-order valence-electron chi connectivity index (χ1n) is 7.79. The Kier molecular flexibility index (Phi) is 4.81. The molecule has 0 radical (unpaired) electrons. The van der Waals surface area contributed by atoms with Gasteiger partial charge >= 0.3 is 0 Å². The molecule has 24 heavy (non-hydrogen) atoms. The predicted molar refractivity (Wildman–Crippen MR) is 95.4 cm³/mol. The van der Waals surface area contributed by atoms with Crippen molar-refractivity contribution >= 4 is 22.6 Å². The van der Waals surface area contributed by atoms with Crippen LogP contribution in [0.3, 0.4) is 0 Å². The average Bonchev–Trinajstić information content (AvgIpc) is 3.01. The molecule has 6 heteroatoms. The van der Waals surface area contributed by atoms with Crippen molar-refractivity contribution in [3.05, 3.63) is 35.4 Å². The van der Waals surface area contributed by atoms with Crippen LogP contribution in [0.4, 0.5) is 0 Å². The molecule has 0 aliphatic carbocycles. The number of ether oxygens (including phenoxy) is 3. The van der Waals surface area contributed by atoms with E-state index >= 15 is 0 Å². The van der Waals surface area contributed by atoms with Crippen molar-refractivity contribution in [3.8, 4) is 28.6 Å². The third-order valence-corrected chi connectivity index (χ3v) is 3.84. The lowest BCUT2D eigenvalue weighted by atomic mass is 10.2. The van der Waals surface area contributed by atoms with Crippen LogP contribution in [0.1, 0.15) is 13.8 Å². The Hall–Kier alpha value is -2.40. The Bertz CT molecular complexity index is 861. The number of aromatic nitrogens is 2. The summed E-state index contributed by atoms with van der Waals surface area (Å²) < 4.78 is 16.5. The van der Waals surface area contributed by atoms with Crippen LogP contribution in [0.5, 0.6) is 17.2 Å². The van der Waals surface area contributed by atoms with Crippen LogP contribution in [0.25, 0.3) is 22.4 Å². The number of fused-ring (bicyclic) bond motifs is 1. The smallest absolute Gasteiger partial charge is 0.179 e. The van der Waals surface area contributed by atoms with Gasteiger partial charge < -0.3 is 19.2 Å². The number of imidazole rings is 1. The van der Waals surface area contributed by atoms with E-state index < -0.39 is 0 Å². The summed E-state index contributed by atoms with van der Waals surface area (Å²) in [6, 6.07) is 9.41. The molecule has 3 aromatic rings. The van der Waals surface area contributed by atoms with Gasteiger partial charge in [-0.15, -0.1) is 0 Å². The molecule has 5 nitrogen and oxygen atoms in total. The van der Waals surface area contributed by atoms with Crippen molar-refractivity contribution in [3.63, 3.8) is 0 Å². The van der Waals surface area contributed by atoms with E-state index in [2.05, 4.69) is 9.97 Å². The summed E-state index contributed by atoms with van der Waals surface area (Å²) in [6.45, 7) is 4.87. The molecule has 2 aromatic carbocycles. The molecule has 0 amide bonds. The zero-order valence-electron chi connectivity index (χ0n) is 13.9. The van der Waals surface area contributed by atoms with Gasteiger partial charge in [0.05, 0.1) is 36.4 Å². The van der Waals surface area contributed by atoms with Gasteiger partial charge in [0.25, 0.3) is 0 Å². The van der Waals surface area contributed by atoms with Gasteiger partial charge in [-0.05, 0) is 38.1 Å². The maximum Gasteiger partial charge on any atom is 0.179 e. The Morgan fingerprint density at radius 2 is 1.88 bits per heavy atom. The van der Waals surface area contributed by atoms with Crippen LogP contribution in [0, 0.1) is 0 Å². The molecule has 1 aromatic heterocycles. The van der Waals surface area contributed by atoms with Crippen LogP contribution in [-0.4, -0.2) is 30.3 Å². The molecular weight excluding hydrogens is 328 g/mol. The number of halogens is 1. The van der Waals surface area contributed by atoms with Crippen molar-refractivity contribution < 1.29 is 14.2 Å². The highest BCUT2D eigenvalue weighted by Gasteiger charge is 2.15. The summed E-state index contributed by atoms with van der Waals surface area (Å²) in [5.41, 5.74) is 2.59. The maximum atomic E-state index is 6.38. The SMILES string of the molecule is CCOc1cc(-c2nc3ccc(OC)cc3[nH]2)cc(Cl)c1OCC. The highest BCUT2D eigenvalue weighted by molar-refractivity contribution is 6.32. The zero-order chi connectivity index (χ0) is 17.1. The summed E-state index contributed by atoms with van der Waals surface area (Å²) in [5.74, 6) is 2.66. The largest absolute Gasteiger partial charge is 0.497 e. The van der Waals surface area contributed by atoms with Gasteiger partial charge in [0.15, 0.2) is 11.5 Å². The first kappa shape index (κ1) is 16.5. The van der Waals surface area contributed by atoms with Crippen molar-refractivity contribution in [1.82, 2.24) is 9.97 Å². The van der Waals surface area contributed by atoms with Crippen molar-refractivity contribution in [2.75, 3.05) is 20.3 Å². The fourth-order valence-electron chi connectivity index (χ4n) is 2.50. The first-order valence-corrected chi connectivity index (χ1v) is 8.17. The number of nitrogens with zero attached hydrogens (tertiary/aromatic N) is 1.